The van der Waals surface area contributed by atoms with E-state index in [-0.39, 0.29) is 71.1 Å². The number of phosphoric ester groups is 2. The van der Waals surface area contributed by atoms with Crippen LogP contribution >= 0.6 is 15.6 Å². The number of nitrogens with one attached hydrogen (secondary N) is 1. The van der Waals surface area contributed by atoms with Gasteiger partial charge in [-0.05, 0) is 6.92 Å². The van der Waals surface area contributed by atoms with E-state index < -0.39 is 89.2 Å². The molecule has 0 aliphatic carbocycles. The van der Waals surface area contributed by atoms with Crippen molar-refractivity contribution in [2.24, 2.45) is 0 Å². The molecule has 38 heavy (non-hydrogen) atoms. The molecule has 18 nitrogen and oxygen atoms in total. The van der Waals surface area contributed by atoms with Crippen molar-refractivity contribution in [1.29, 1.82) is 0 Å². The van der Waals surface area contributed by atoms with Gasteiger partial charge in [-0.1, -0.05) is 0 Å². The molecule has 10 atom stereocenters. The quantitative estimate of drug-likeness (QED) is 0.0972. The molecule has 0 amide bonds. The van der Waals surface area contributed by atoms with Crippen LogP contribution in [0.4, 0.5) is 0 Å². The first-order chi connectivity index (χ1) is 16.6. The number of ether oxygens (including phenoxy) is 2. The Kier molecular flexibility index (Phi) is 14.2. The number of rotatable bonds is 9. The van der Waals surface area contributed by atoms with E-state index in [2.05, 4.69) is 18.3 Å². The van der Waals surface area contributed by atoms with Gasteiger partial charge in [0.05, 0.1) is 19.3 Å². The van der Waals surface area contributed by atoms with Gasteiger partial charge < -0.3 is 44.8 Å². The van der Waals surface area contributed by atoms with E-state index in [0.717, 1.165) is 4.57 Å². The second-order valence-corrected chi connectivity index (χ2v) is 11.0. The molecule has 8 N–H and O–H groups in total. The number of phosphoric acid groups is 2. The average molecular weight is 610 g/mol. The second-order valence-electron chi connectivity index (χ2n) is 8.03. The first-order valence-electron chi connectivity index (χ1n) is 10.3. The summed E-state index contributed by atoms with van der Waals surface area (Å²) in [4.78, 5) is 45.2. The molecule has 1 aromatic heterocycles. The summed E-state index contributed by atoms with van der Waals surface area (Å²) in [5.74, 6) is 0. The van der Waals surface area contributed by atoms with Crippen molar-refractivity contribution >= 4 is 74.8 Å². The largest absolute Gasteiger partial charge is 0.483 e. The molecular formula is C16H26N2Na2O16P2. The van der Waals surface area contributed by atoms with Crippen molar-refractivity contribution in [3.8, 4) is 0 Å². The Morgan fingerprint density at radius 1 is 1.03 bits per heavy atom. The van der Waals surface area contributed by atoms with Crippen molar-refractivity contribution in [2.45, 2.75) is 62.5 Å². The van der Waals surface area contributed by atoms with E-state index in [4.69, 9.17) is 14.6 Å². The minimum Gasteiger partial charge on any atom is -0.394 e. The summed E-state index contributed by atoms with van der Waals surface area (Å²) in [7, 11) is -10.9. The zero-order chi connectivity index (χ0) is 27.0. The first-order valence-corrected chi connectivity index (χ1v) is 13.3. The number of aliphatic hydroxyl groups excluding tert-OH is 5. The topological polar surface area (TPSA) is 277 Å². The molecule has 0 bridgehead atoms. The molecule has 0 saturated carbocycles. The number of hydrogen-bond donors (Lipinski definition) is 8. The van der Waals surface area contributed by atoms with Gasteiger partial charge in [0.15, 0.2) is 6.29 Å². The number of aromatic nitrogens is 2. The normalized spacial score (nSPS) is 34.4. The fourth-order valence-electron chi connectivity index (χ4n) is 3.46. The van der Waals surface area contributed by atoms with Crippen LogP contribution in [0.1, 0.15) is 18.2 Å². The van der Waals surface area contributed by atoms with Gasteiger partial charge in [-0.3, -0.25) is 23.4 Å². The molecule has 0 spiro atoms. The molecule has 2 radical (unpaired) electrons. The number of H-pyrrole nitrogens is 1. The minimum atomic E-state index is -5.54. The molecule has 22 heteroatoms. The SMILES string of the molecule is Cc1cn([C@H]2C[C@H](O)[C@@H](COP(=O)(O)OP(=O)(O)O[C@H]3O[C@H](CO)[C@@H](O)[C@H](O)[C@H]3O)O2)c(=O)[nH]c1=O.[Na].[Na]. The van der Waals surface area contributed by atoms with Crippen LogP contribution in [0.15, 0.2) is 15.8 Å². The molecule has 2 aliphatic rings. The zero-order valence-electron chi connectivity index (χ0n) is 20.5. The monoisotopic (exact) mass is 610 g/mol. The molecule has 3 heterocycles. The summed E-state index contributed by atoms with van der Waals surface area (Å²) in [6.45, 7) is -0.305. The van der Waals surface area contributed by atoms with Gasteiger partial charge in [0.2, 0.25) is 0 Å². The van der Waals surface area contributed by atoms with Crippen LogP contribution in [0, 0.1) is 6.92 Å². The van der Waals surface area contributed by atoms with Crippen molar-refractivity contribution in [1.82, 2.24) is 9.55 Å². The second kappa shape index (κ2) is 14.7. The molecule has 208 valence electrons. The van der Waals surface area contributed by atoms with Crippen LogP contribution in [0.25, 0.3) is 0 Å². The first kappa shape index (κ1) is 36.7. The zero-order valence-corrected chi connectivity index (χ0v) is 26.3. The smallest absolute Gasteiger partial charge is 0.394 e. The Morgan fingerprint density at radius 3 is 2.26 bits per heavy atom. The number of aliphatic hydroxyl groups is 5. The molecule has 3 rings (SSSR count). The molecular weight excluding hydrogens is 584 g/mol. The van der Waals surface area contributed by atoms with Crippen molar-refractivity contribution in [3.05, 3.63) is 32.6 Å². The molecule has 1 aromatic rings. The van der Waals surface area contributed by atoms with Gasteiger partial charge in [-0.2, -0.15) is 4.31 Å². The summed E-state index contributed by atoms with van der Waals surface area (Å²) in [5, 5.41) is 48.5. The Balaban J connectivity index is 0.00000361. The Labute approximate surface area is 258 Å². The maximum absolute atomic E-state index is 12.2. The standard InChI is InChI=1S/C16H26N2O16P2.2Na/c1-6-3-18(16(25)17-14(6)24)10-2-7(20)9(31-10)5-30-35(26,27)34-36(28,29)33-15-13(23)12(22)11(21)8(4-19)32-15;;/h3,7-13,15,19-23H,2,4-5H2,1H3,(H,26,27)(H,28,29)(H,17,24,25);;/t7-,8+,9+,10+,11+,12-,13+,15+;;/m0../s1. The van der Waals surface area contributed by atoms with E-state index in [1.807, 2.05) is 0 Å². The van der Waals surface area contributed by atoms with Crippen LogP contribution in [0.5, 0.6) is 0 Å². The van der Waals surface area contributed by atoms with Gasteiger partial charge in [-0.15, -0.1) is 0 Å². The summed E-state index contributed by atoms with van der Waals surface area (Å²) < 4.78 is 48.8. The maximum atomic E-state index is 12.2. The summed E-state index contributed by atoms with van der Waals surface area (Å²) in [6, 6.07) is 0. The van der Waals surface area contributed by atoms with Crippen LogP contribution in [0.3, 0.4) is 0 Å². The Morgan fingerprint density at radius 2 is 1.66 bits per heavy atom. The predicted octanol–water partition coefficient (Wildman–Crippen LogP) is -4.22. The van der Waals surface area contributed by atoms with E-state index in [1.165, 1.54) is 13.1 Å². The molecule has 0 aromatic carbocycles. The maximum Gasteiger partial charge on any atom is 0.483 e. The fourth-order valence-corrected chi connectivity index (χ4v) is 5.62. The van der Waals surface area contributed by atoms with Gasteiger partial charge in [-0.25, -0.2) is 13.9 Å². The number of nitrogens with zero attached hydrogens (tertiary/aromatic N) is 1. The van der Waals surface area contributed by atoms with Gasteiger partial charge >= 0.3 is 21.3 Å². The fraction of sp³-hybridized carbons (Fsp3) is 0.750. The molecule has 2 aliphatic heterocycles. The number of aryl methyl sites for hydroxylation is 1. The molecule has 2 saturated heterocycles. The van der Waals surface area contributed by atoms with Crippen LogP contribution in [0.2, 0.25) is 0 Å². The van der Waals surface area contributed by atoms with E-state index in [1.54, 1.807) is 0 Å². The van der Waals surface area contributed by atoms with E-state index in [9.17, 15) is 48.9 Å². The van der Waals surface area contributed by atoms with Crippen LogP contribution < -0.4 is 11.2 Å². The average Bonchev–Trinajstić information content (AvgIpc) is 3.14. The van der Waals surface area contributed by atoms with E-state index >= 15 is 0 Å². The third kappa shape index (κ3) is 9.08. The van der Waals surface area contributed by atoms with Crippen molar-refractivity contribution in [3.63, 3.8) is 0 Å². The Bertz CT molecular complexity index is 1150. The Hall–Kier alpha value is 0.660. The minimum absolute atomic E-state index is 0. The summed E-state index contributed by atoms with van der Waals surface area (Å²) >= 11 is 0. The third-order valence-electron chi connectivity index (χ3n) is 5.35. The van der Waals surface area contributed by atoms with Crippen molar-refractivity contribution < 1.29 is 67.3 Å². The summed E-state index contributed by atoms with van der Waals surface area (Å²) in [6.07, 6.45) is -12.2. The molecule has 2 fully saturated rings. The number of hydrogen-bond acceptors (Lipinski definition) is 14. The van der Waals surface area contributed by atoms with Gasteiger partial charge in [0.1, 0.15) is 36.7 Å². The van der Waals surface area contributed by atoms with Crippen LogP contribution in [-0.2, 0) is 32.0 Å². The van der Waals surface area contributed by atoms with E-state index in [0.29, 0.717) is 0 Å². The van der Waals surface area contributed by atoms with Crippen LogP contribution in [-0.4, -0.2) is 160 Å². The third-order valence-corrected chi connectivity index (χ3v) is 7.95. The van der Waals surface area contributed by atoms with Gasteiger partial charge in [0, 0.05) is 77.3 Å². The summed E-state index contributed by atoms with van der Waals surface area (Å²) in [5.41, 5.74) is -1.27. The number of aromatic amines is 1. The molecule has 2 unspecified atom stereocenters. The van der Waals surface area contributed by atoms with Crippen molar-refractivity contribution in [2.75, 3.05) is 13.2 Å². The van der Waals surface area contributed by atoms with Gasteiger partial charge in [0.25, 0.3) is 5.56 Å². The predicted molar refractivity (Wildman–Crippen MR) is 124 cm³/mol.